The molecule has 1 amide bonds. The molecule has 1 unspecified atom stereocenters. The molecule has 0 fully saturated rings. The monoisotopic (exact) mass is 320 g/mol. The summed E-state index contributed by atoms with van der Waals surface area (Å²) >= 11 is 0. The fraction of sp³-hybridized carbons (Fsp3) is 0.500. The molecular weight excluding hydrogens is 300 g/mol. The lowest BCUT2D eigenvalue weighted by Gasteiger charge is -2.15. The average molecular weight is 320 g/mol. The van der Waals surface area contributed by atoms with Crippen molar-refractivity contribution in [2.24, 2.45) is 0 Å². The molecule has 0 radical (unpaired) electrons. The summed E-state index contributed by atoms with van der Waals surface area (Å²) in [6, 6.07) is -0.578. The Morgan fingerprint density at radius 1 is 1.39 bits per heavy atom. The second-order valence-corrected chi connectivity index (χ2v) is 5.15. The van der Waals surface area contributed by atoms with E-state index >= 15 is 0 Å². The predicted octanol–water partition coefficient (Wildman–Crippen LogP) is 1.58. The molecule has 0 aromatic carbocycles. The van der Waals surface area contributed by atoms with E-state index in [-0.39, 0.29) is 11.6 Å². The molecule has 9 heteroatoms. The Morgan fingerprint density at radius 3 is 2.65 bits per heavy atom. The van der Waals surface area contributed by atoms with Crippen LogP contribution in [0.15, 0.2) is 18.6 Å². The highest BCUT2D eigenvalue weighted by atomic mass is 16.6. The molecule has 0 aliphatic heterocycles. The van der Waals surface area contributed by atoms with Gasteiger partial charge in [0.1, 0.15) is 18.4 Å². The molecule has 0 aliphatic carbocycles. The Bertz CT molecular complexity index is 705. The van der Waals surface area contributed by atoms with E-state index in [2.05, 4.69) is 15.5 Å². The van der Waals surface area contributed by atoms with Gasteiger partial charge in [0, 0.05) is 24.3 Å². The summed E-state index contributed by atoms with van der Waals surface area (Å²) in [5.74, 6) is -0.228. The van der Waals surface area contributed by atoms with Crippen LogP contribution in [0.5, 0.6) is 0 Å². The van der Waals surface area contributed by atoms with Crippen molar-refractivity contribution in [2.75, 3.05) is 0 Å². The minimum absolute atomic E-state index is 0.128. The van der Waals surface area contributed by atoms with Gasteiger partial charge in [0.05, 0.1) is 11.1 Å². The number of aromatic nitrogens is 4. The number of rotatable bonds is 7. The van der Waals surface area contributed by atoms with Crippen molar-refractivity contribution in [1.82, 2.24) is 24.9 Å². The van der Waals surface area contributed by atoms with E-state index in [1.807, 2.05) is 25.5 Å². The summed E-state index contributed by atoms with van der Waals surface area (Å²) in [5, 5.41) is 21.7. The van der Waals surface area contributed by atoms with Crippen LogP contribution < -0.4 is 5.32 Å². The first-order valence-electron chi connectivity index (χ1n) is 7.45. The van der Waals surface area contributed by atoms with Gasteiger partial charge in [-0.25, -0.2) is 0 Å². The highest BCUT2D eigenvalue weighted by molar-refractivity contribution is 5.80. The Hall–Kier alpha value is -2.71. The molecule has 0 saturated heterocycles. The average Bonchev–Trinajstić information content (AvgIpc) is 3.13. The highest BCUT2D eigenvalue weighted by Crippen LogP contribution is 2.16. The normalized spacial score (nSPS) is 12.1. The summed E-state index contributed by atoms with van der Waals surface area (Å²) in [6.45, 7) is 6.92. The lowest BCUT2D eigenvalue weighted by molar-refractivity contribution is -0.385. The van der Waals surface area contributed by atoms with E-state index in [0.717, 1.165) is 24.0 Å². The predicted molar refractivity (Wildman–Crippen MR) is 82.7 cm³/mol. The van der Waals surface area contributed by atoms with Gasteiger partial charge in [-0.2, -0.15) is 10.2 Å². The molecule has 1 N–H and O–H groups in total. The maximum Gasteiger partial charge on any atom is 0.307 e. The van der Waals surface area contributed by atoms with Gasteiger partial charge in [0.2, 0.25) is 5.91 Å². The first kappa shape index (κ1) is 16.7. The van der Waals surface area contributed by atoms with Crippen LogP contribution >= 0.6 is 0 Å². The minimum atomic E-state index is -0.578. The highest BCUT2D eigenvalue weighted by Gasteiger charge is 2.22. The molecule has 2 rings (SSSR count). The van der Waals surface area contributed by atoms with Crippen LogP contribution in [0, 0.1) is 17.0 Å². The standard InChI is InChI=1S/C14H20N6O3/c1-4-13(19-9-12(8-17-19)20(22)23)14(21)15-6-11-7-16-18(5-2)10(11)3/h7-9,13H,4-6H2,1-3H3,(H,15,21). The third kappa shape index (κ3) is 3.55. The van der Waals surface area contributed by atoms with Crippen molar-refractivity contribution in [3.8, 4) is 0 Å². The van der Waals surface area contributed by atoms with Crippen molar-refractivity contribution < 1.29 is 9.72 Å². The SMILES string of the molecule is CCC(C(=O)NCc1cnn(CC)c1C)n1cc([N+](=O)[O-])cn1. The topological polar surface area (TPSA) is 108 Å². The van der Waals surface area contributed by atoms with E-state index in [1.54, 1.807) is 6.20 Å². The van der Waals surface area contributed by atoms with Gasteiger partial charge in [-0.05, 0) is 20.3 Å². The van der Waals surface area contributed by atoms with Crippen LogP contribution in [0.2, 0.25) is 0 Å². The zero-order valence-electron chi connectivity index (χ0n) is 13.4. The summed E-state index contributed by atoms with van der Waals surface area (Å²) in [7, 11) is 0. The third-order valence-corrected chi connectivity index (χ3v) is 3.76. The Kier molecular flexibility index (Phi) is 5.09. The van der Waals surface area contributed by atoms with Crippen molar-refractivity contribution in [3.05, 3.63) is 40.0 Å². The number of carbonyl (C=O) groups excluding carboxylic acids is 1. The molecule has 2 aromatic heterocycles. The van der Waals surface area contributed by atoms with Gasteiger partial charge in [0.25, 0.3) is 0 Å². The van der Waals surface area contributed by atoms with Crippen molar-refractivity contribution in [1.29, 1.82) is 0 Å². The van der Waals surface area contributed by atoms with E-state index in [0.29, 0.717) is 13.0 Å². The Labute approximate surface area is 133 Å². The fourth-order valence-corrected chi connectivity index (χ4v) is 2.36. The summed E-state index contributed by atoms with van der Waals surface area (Å²) in [6.07, 6.45) is 4.64. The lowest BCUT2D eigenvalue weighted by Crippen LogP contribution is -2.32. The van der Waals surface area contributed by atoms with Crippen LogP contribution in [0.4, 0.5) is 5.69 Å². The molecule has 9 nitrogen and oxygen atoms in total. The molecular formula is C14H20N6O3. The largest absolute Gasteiger partial charge is 0.350 e. The zero-order valence-corrected chi connectivity index (χ0v) is 13.4. The Balaban J connectivity index is 2.04. The van der Waals surface area contributed by atoms with Crippen molar-refractivity contribution >= 4 is 11.6 Å². The van der Waals surface area contributed by atoms with E-state index in [4.69, 9.17) is 0 Å². The number of hydrogen-bond donors (Lipinski definition) is 1. The van der Waals surface area contributed by atoms with Gasteiger partial charge in [-0.3, -0.25) is 24.3 Å². The number of aryl methyl sites for hydroxylation is 1. The molecule has 0 saturated carbocycles. The van der Waals surface area contributed by atoms with Gasteiger partial charge in [-0.15, -0.1) is 0 Å². The smallest absolute Gasteiger partial charge is 0.307 e. The molecule has 1 atom stereocenters. The maximum atomic E-state index is 12.3. The van der Waals surface area contributed by atoms with E-state index < -0.39 is 11.0 Å². The molecule has 0 bridgehead atoms. The number of nitrogens with zero attached hydrogens (tertiary/aromatic N) is 5. The Morgan fingerprint density at radius 2 is 2.13 bits per heavy atom. The second kappa shape index (κ2) is 7.03. The molecule has 2 aromatic rings. The van der Waals surface area contributed by atoms with Crippen molar-refractivity contribution in [3.63, 3.8) is 0 Å². The van der Waals surface area contributed by atoms with Crippen LogP contribution in [0.3, 0.4) is 0 Å². The summed E-state index contributed by atoms with van der Waals surface area (Å²) in [5.41, 5.74) is 1.83. The number of carbonyl (C=O) groups is 1. The number of hydrogen-bond acceptors (Lipinski definition) is 5. The van der Waals surface area contributed by atoms with Crippen LogP contribution in [-0.2, 0) is 17.9 Å². The minimum Gasteiger partial charge on any atom is -0.350 e. The molecule has 0 spiro atoms. The van der Waals surface area contributed by atoms with Gasteiger partial charge < -0.3 is 5.32 Å². The summed E-state index contributed by atoms with van der Waals surface area (Å²) < 4.78 is 3.19. The van der Waals surface area contributed by atoms with E-state index in [9.17, 15) is 14.9 Å². The molecule has 0 aliphatic rings. The number of amides is 1. The van der Waals surface area contributed by atoms with Crippen LogP contribution in [0.25, 0.3) is 0 Å². The fourth-order valence-electron chi connectivity index (χ4n) is 2.36. The van der Waals surface area contributed by atoms with Gasteiger partial charge >= 0.3 is 5.69 Å². The molecule has 124 valence electrons. The van der Waals surface area contributed by atoms with E-state index in [1.165, 1.54) is 10.9 Å². The van der Waals surface area contributed by atoms with Gasteiger partial charge in [0.15, 0.2) is 0 Å². The number of nitrogens with one attached hydrogen (secondary N) is 1. The first-order chi connectivity index (χ1) is 11.0. The van der Waals surface area contributed by atoms with Crippen LogP contribution in [0.1, 0.15) is 37.6 Å². The second-order valence-electron chi connectivity index (χ2n) is 5.15. The lowest BCUT2D eigenvalue weighted by atomic mass is 10.2. The zero-order chi connectivity index (χ0) is 17.0. The summed E-state index contributed by atoms with van der Waals surface area (Å²) in [4.78, 5) is 22.5. The quantitative estimate of drug-likeness (QED) is 0.615. The van der Waals surface area contributed by atoms with Crippen LogP contribution in [-0.4, -0.2) is 30.4 Å². The molecule has 23 heavy (non-hydrogen) atoms. The number of nitro groups is 1. The van der Waals surface area contributed by atoms with Crippen molar-refractivity contribution in [2.45, 2.75) is 46.3 Å². The third-order valence-electron chi connectivity index (χ3n) is 3.76. The van der Waals surface area contributed by atoms with Gasteiger partial charge in [-0.1, -0.05) is 6.92 Å². The first-order valence-corrected chi connectivity index (χ1v) is 7.45. The molecule has 2 heterocycles. The maximum absolute atomic E-state index is 12.3.